The van der Waals surface area contributed by atoms with Gasteiger partial charge in [-0.25, -0.2) is 4.39 Å². The zero-order valence-corrected chi connectivity index (χ0v) is 8.97. The largest absolute Gasteiger partial charge is 0.483 e. The Morgan fingerprint density at radius 3 is 2.69 bits per heavy atom. The lowest BCUT2D eigenvalue weighted by Crippen LogP contribution is -2.43. The zero-order chi connectivity index (χ0) is 11.5. The number of halogens is 1. The molecule has 0 saturated heterocycles. The summed E-state index contributed by atoms with van der Waals surface area (Å²) in [5, 5.41) is 9.20. The molecule has 1 saturated carbocycles. The molecule has 1 aliphatic rings. The maximum absolute atomic E-state index is 13.3. The number of nitrogens with two attached hydrogens (primary N) is 1. The standard InChI is InChI=1S/C12H16FNO2/c13-9-3-1-2-4-10(9)16-11(7-15)12(14)8-5-6-8/h1-4,8,11-12,15H,5-7,14H2. The van der Waals surface area contributed by atoms with Crippen molar-refractivity contribution in [3.63, 3.8) is 0 Å². The van der Waals surface area contributed by atoms with E-state index in [1.54, 1.807) is 12.1 Å². The Hall–Kier alpha value is -1.13. The van der Waals surface area contributed by atoms with E-state index < -0.39 is 11.9 Å². The van der Waals surface area contributed by atoms with Gasteiger partial charge in [-0.3, -0.25) is 0 Å². The number of ether oxygens (including phenoxy) is 1. The molecule has 2 unspecified atom stereocenters. The van der Waals surface area contributed by atoms with Crippen LogP contribution >= 0.6 is 0 Å². The minimum atomic E-state index is -0.524. The number of para-hydroxylation sites is 1. The Bertz CT molecular complexity index is 355. The highest BCUT2D eigenvalue weighted by Crippen LogP contribution is 2.34. The number of hydrogen-bond donors (Lipinski definition) is 2. The van der Waals surface area contributed by atoms with Crippen LogP contribution in [0.4, 0.5) is 4.39 Å². The minimum absolute atomic E-state index is 0.151. The van der Waals surface area contributed by atoms with E-state index in [1.807, 2.05) is 0 Å². The molecule has 0 spiro atoms. The second kappa shape index (κ2) is 4.80. The smallest absolute Gasteiger partial charge is 0.165 e. The summed E-state index contributed by atoms with van der Waals surface area (Å²) in [7, 11) is 0. The van der Waals surface area contributed by atoms with Crippen LogP contribution in [0.25, 0.3) is 0 Å². The van der Waals surface area contributed by atoms with Gasteiger partial charge in [-0.2, -0.15) is 0 Å². The van der Waals surface area contributed by atoms with Crippen LogP contribution in [-0.4, -0.2) is 23.9 Å². The van der Waals surface area contributed by atoms with E-state index in [1.165, 1.54) is 12.1 Å². The number of aliphatic hydroxyl groups excluding tert-OH is 1. The van der Waals surface area contributed by atoms with E-state index in [0.717, 1.165) is 12.8 Å². The summed E-state index contributed by atoms with van der Waals surface area (Å²) in [4.78, 5) is 0. The molecule has 4 heteroatoms. The molecule has 0 radical (unpaired) electrons. The van der Waals surface area contributed by atoms with E-state index in [2.05, 4.69) is 0 Å². The van der Waals surface area contributed by atoms with Crippen molar-refractivity contribution in [2.75, 3.05) is 6.61 Å². The molecule has 88 valence electrons. The van der Waals surface area contributed by atoms with Gasteiger partial charge in [0.1, 0.15) is 6.10 Å². The molecular formula is C12H16FNO2. The number of aliphatic hydroxyl groups is 1. The first-order valence-corrected chi connectivity index (χ1v) is 5.50. The van der Waals surface area contributed by atoms with Crippen molar-refractivity contribution in [3.8, 4) is 5.75 Å². The first-order valence-electron chi connectivity index (χ1n) is 5.50. The van der Waals surface area contributed by atoms with Crippen molar-refractivity contribution in [2.45, 2.75) is 25.0 Å². The van der Waals surface area contributed by atoms with Crippen molar-refractivity contribution in [2.24, 2.45) is 11.7 Å². The van der Waals surface area contributed by atoms with Gasteiger partial charge in [0, 0.05) is 6.04 Å². The Kier molecular flexibility index (Phi) is 3.41. The summed E-state index contributed by atoms with van der Waals surface area (Å²) >= 11 is 0. The average Bonchev–Trinajstić information content (AvgIpc) is 3.11. The molecule has 0 amide bonds. The van der Waals surface area contributed by atoms with Gasteiger partial charge in [0.05, 0.1) is 6.61 Å². The van der Waals surface area contributed by atoms with Crippen LogP contribution in [0.2, 0.25) is 0 Å². The van der Waals surface area contributed by atoms with Crippen molar-refractivity contribution in [1.82, 2.24) is 0 Å². The van der Waals surface area contributed by atoms with Crippen LogP contribution in [0.5, 0.6) is 5.75 Å². The molecule has 0 aliphatic heterocycles. The van der Waals surface area contributed by atoms with Gasteiger partial charge < -0.3 is 15.6 Å². The molecule has 1 aliphatic carbocycles. The van der Waals surface area contributed by atoms with Crippen LogP contribution in [0.15, 0.2) is 24.3 Å². The topological polar surface area (TPSA) is 55.5 Å². The molecule has 3 nitrogen and oxygen atoms in total. The van der Waals surface area contributed by atoms with Gasteiger partial charge in [-0.15, -0.1) is 0 Å². The molecule has 1 aromatic rings. The van der Waals surface area contributed by atoms with E-state index in [0.29, 0.717) is 5.92 Å². The summed E-state index contributed by atoms with van der Waals surface area (Å²) in [6, 6.07) is 5.93. The van der Waals surface area contributed by atoms with Crippen LogP contribution in [-0.2, 0) is 0 Å². The van der Waals surface area contributed by atoms with Gasteiger partial charge in [-0.05, 0) is 30.9 Å². The Labute approximate surface area is 94.0 Å². The van der Waals surface area contributed by atoms with Gasteiger partial charge in [-0.1, -0.05) is 12.1 Å². The van der Waals surface area contributed by atoms with Crippen LogP contribution < -0.4 is 10.5 Å². The summed E-state index contributed by atoms with van der Waals surface area (Å²) in [6.07, 6.45) is 1.61. The lowest BCUT2D eigenvalue weighted by molar-refractivity contribution is 0.0847. The van der Waals surface area contributed by atoms with E-state index in [9.17, 15) is 9.50 Å². The Morgan fingerprint density at radius 2 is 2.12 bits per heavy atom. The molecule has 2 atom stereocenters. The zero-order valence-electron chi connectivity index (χ0n) is 8.97. The van der Waals surface area contributed by atoms with Crippen molar-refractivity contribution in [3.05, 3.63) is 30.1 Å². The fourth-order valence-corrected chi connectivity index (χ4v) is 1.73. The van der Waals surface area contributed by atoms with Crippen molar-refractivity contribution < 1.29 is 14.2 Å². The van der Waals surface area contributed by atoms with Crippen molar-refractivity contribution in [1.29, 1.82) is 0 Å². The van der Waals surface area contributed by atoms with E-state index in [-0.39, 0.29) is 18.4 Å². The fourth-order valence-electron chi connectivity index (χ4n) is 1.73. The highest BCUT2D eigenvalue weighted by molar-refractivity contribution is 5.24. The monoisotopic (exact) mass is 225 g/mol. The molecule has 3 N–H and O–H groups in total. The van der Waals surface area contributed by atoms with Gasteiger partial charge in [0.15, 0.2) is 11.6 Å². The van der Waals surface area contributed by atoms with E-state index in [4.69, 9.17) is 10.5 Å². The third-order valence-electron chi connectivity index (χ3n) is 2.89. The normalized spacial score (nSPS) is 19.2. The van der Waals surface area contributed by atoms with Crippen molar-refractivity contribution >= 4 is 0 Å². The molecule has 16 heavy (non-hydrogen) atoms. The second-order valence-electron chi connectivity index (χ2n) is 4.18. The summed E-state index contributed by atoms with van der Waals surface area (Å²) < 4.78 is 18.7. The maximum atomic E-state index is 13.3. The Morgan fingerprint density at radius 1 is 1.44 bits per heavy atom. The van der Waals surface area contributed by atoms with E-state index >= 15 is 0 Å². The van der Waals surface area contributed by atoms with Gasteiger partial charge in [0.25, 0.3) is 0 Å². The quantitative estimate of drug-likeness (QED) is 0.794. The third-order valence-corrected chi connectivity index (χ3v) is 2.89. The predicted molar refractivity (Wildman–Crippen MR) is 58.6 cm³/mol. The van der Waals surface area contributed by atoms with Gasteiger partial charge in [0.2, 0.25) is 0 Å². The highest BCUT2D eigenvalue weighted by Gasteiger charge is 2.35. The van der Waals surface area contributed by atoms with Crippen LogP contribution in [0.3, 0.4) is 0 Å². The highest BCUT2D eigenvalue weighted by atomic mass is 19.1. The molecule has 0 aromatic heterocycles. The molecule has 2 rings (SSSR count). The summed E-state index contributed by atoms with van der Waals surface area (Å²) in [5.74, 6) is 0.130. The van der Waals surface area contributed by atoms with Crippen LogP contribution in [0.1, 0.15) is 12.8 Å². The first kappa shape index (κ1) is 11.4. The third kappa shape index (κ3) is 2.51. The number of benzene rings is 1. The number of hydrogen-bond acceptors (Lipinski definition) is 3. The molecule has 1 fully saturated rings. The Balaban J connectivity index is 2.03. The SMILES string of the molecule is NC(C1CC1)C(CO)Oc1ccccc1F. The fraction of sp³-hybridized carbons (Fsp3) is 0.500. The molecule has 1 aromatic carbocycles. The average molecular weight is 225 g/mol. The summed E-state index contributed by atoms with van der Waals surface area (Å²) in [5.41, 5.74) is 5.92. The molecular weight excluding hydrogens is 209 g/mol. The minimum Gasteiger partial charge on any atom is -0.483 e. The van der Waals surface area contributed by atoms with Gasteiger partial charge >= 0.3 is 0 Å². The summed E-state index contributed by atoms with van der Waals surface area (Å²) in [6.45, 7) is -0.188. The van der Waals surface area contributed by atoms with Crippen LogP contribution in [0, 0.1) is 11.7 Å². The molecule has 0 bridgehead atoms. The maximum Gasteiger partial charge on any atom is 0.165 e. The lowest BCUT2D eigenvalue weighted by Gasteiger charge is -2.23. The molecule has 0 heterocycles. The second-order valence-corrected chi connectivity index (χ2v) is 4.18. The first-order chi connectivity index (χ1) is 7.72. The lowest BCUT2D eigenvalue weighted by atomic mass is 10.1. The predicted octanol–water partition coefficient (Wildman–Crippen LogP) is 1.30. The number of rotatable bonds is 5.